The van der Waals surface area contributed by atoms with Gasteiger partial charge in [0, 0.05) is 28.2 Å². The predicted molar refractivity (Wildman–Crippen MR) is 78.6 cm³/mol. The van der Waals surface area contributed by atoms with Gasteiger partial charge in [-0.15, -0.1) is 0 Å². The van der Waals surface area contributed by atoms with Crippen LogP contribution in [-0.2, 0) is 17.3 Å². The third-order valence-electron chi connectivity index (χ3n) is 3.00. The van der Waals surface area contributed by atoms with Crippen LogP contribution < -0.4 is 10.5 Å². The molecule has 3 N–H and O–H groups in total. The van der Waals surface area contributed by atoms with Gasteiger partial charge < -0.3 is 15.6 Å². The van der Waals surface area contributed by atoms with Crippen LogP contribution in [0.25, 0.3) is 0 Å². The third kappa shape index (κ3) is 5.30. The summed E-state index contributed by atoms with van der Waals surface area (Å²) >= 11 is 0. The fraction of sp³-hybridized carbons (Fsp3) is 0.571. The molecular weight excluding hydrogens is 262 g/mol. The van der Waals surface area contributed by atoms with Crippen LogP contribution in [0.2, 0.25) is 0 Å². The second kappa shape index (κ2) is 8.30. The van der Waals surface area contributed by atoms with Crippen LogP contribution >= 0.6 is 0 Å². The molecule has 0 fully saturated rings. The molecule has 0 radical (unpaired) electrons. The molecule has 0 saturated heterocycles. The Morgan fingerprint density at radius 1 is 1.42 bits per heavy atom. The number of para-hydroxylation sites is 1. The molecule has 19 heavy (non-hydrogen) atoms. The van der Waals surface area contributed by atoms with Gasteiger partial charge >= 0.3 is 0 Å². The number of ether oxygens (including phenoxy) is 1. The van der Waals surface area contributed by atoms with Crippen LogP contribution in [0, 0.1) is 0 Å². The Kier molecular flexibility index (Phi) is 7.05. The van der Waals surface area contributed by atoms with Gasteiger partial charge in [0.15, 0.2) is 0 Å². The van der Waals surface area contributed by atoms with Crippen LogP contribution in [0.5, 0.6) is 5.75 Å². The zero-order valence-corrected chi connectivity index (χ0v) is 12.4. The molecule has 0 aromatic heterocycles. The second-order valence-electron chi connectivity index (χ2n) is 4.54. The molecule has 0 aliphatic rings. The number of benzene rings is 1. The minimum Gasteiger partial charge on any atom is -0.491 e. The molecule has 5 heteroatoms. The highest BCUT2D eigenvalue weighted by atomic mass is 32.2. The molecule has 0 aliphatic heterocycles. The summed E-state index contributed by atoms with van der Waals surface area (Å²) in [6, 6.07) is 7.46. The van der Waals surface area contributed by atoms with Crippen molar-refractivity contribution in [2.75, 3.05) is 12.4 Å². The van der Waals surface area contributed by atoms with E-state index >= 15 is 0 Å². The fourth-order valence-corrected chi connectivity index (χ4v) is 2.76. The van der Waals surface area contributed by atoms with Gasteiger partial charge in [-0.25, -0.2) is 0 Å². The highest BCUT2D eigenvalue weighted by Crippen LogP contribution is 2.17. The molecule has 0 bridgehead atoms. The van der Waals surface area contributed by atoms with Crippen molar-refractivity contribution in [1.29, 1.82) is 0 Å². The summed E-state index contributed by atoms with van der Waals surface area (Å²) < 4.78 is 17.3. The van der Waals surface area contributed by atoms with Crippen molar-refractivity contribution in [3.05, 3.63) is 29.8 Å². The van der Waals surface area contributed by atoms with Gasteiger partial charge in [-0.2, -0.15) is 0 Å². The molecule has 4 nitrogen and oxygen atoms in total. The van der Waals surface area contributed by atoms with E-state index in [1.165, 1.54) is 0 Å². The number of aliphatic hydroxyl groups excluding tert-OH is 1. The van der Waals surface area contributed by atoms with Crippen molar-refractivity contribution < 1.29 is 14.1 Å². The van der Waals surface area contributed by atoms with E-state index in [-0.39, 0.29) is 17.6 Å². The van der Waals surface area contributed by atoms with Crippen molar-refractivity contribution in [2.24, 2.45) is 5.73 Å². The second-order valence-corrected chi connectivity index (χ2v) is 6.44. The van der Waals surface area contributed by atoms with E-state index in [0.717, 1.165) is 12.0 Å². The number of aliphatic hydroxyl groups is 1. The van der Waals surface area contributed by atoms with Gasteiger partial charge in [-0.1, -0.05) is 32.0 Å². The van der Waals surface area contributed by atoms with Crippen LogP contribution in [0.3, 0.4) is 0 Å². The van der Waals surface area contributed by atoms with Gasteiger partial charge in [-0.3, -0.25) is 4.21 Å². The van der Waals surface area contributed by atoms with Gasteiger partial charge in [0.25, 0.3) is 0 Å². The Labute approximate surface area is 117 Å². The predicted octanol–water partition coefficient (Wildman–Crippen LogP) is 1.43. The van der Waals surface area contributed by atoms with Gasteiger partial charge in [-0.05, 0) is 12.5 Å². The summed E-state index contributed by atoms with van der Waals surface area (Å²) in [6.07, 6.45) is 0.122. The topological polar surface area (TPSA) is 72.5 Å². The molecule has 1 rings (SSSR count). The summed E-state index contributed by atoms with van der Waals surface area (Å²) in [4.78, 5) is 0. The van der Waals surface area contributed by atoms with Crippen molar-refractivity contribution in [3.63, 3.8) is 0 Å². The Balaban J connectivity index is 2.46. The normalized spacial score (nSPS) is 15.8. The van der Waals surface area contributed by atoms with E-state index < -0.39 is 16.9 Å². The molecule has 3 atom stereocenters. The fourth-order valence-electron chi connectivity index (χ4n) is 1.59. The van der Waals surface area contributed by atoms with Gasteiger partial charge in [0.05, 0.1) is 11.9 Å². The minimum atomic E-state index is -1.01. The molecule has 1 aromatic rings. The summed E-state index contributed by atoms with van der Waals surface area (Å²) in [5, 5.41) is 9.94. The summed E-state index contributed by atoms with van der Waals surface area (Å²) in [5.74, 6) is 0.929. The Morgan fingerprint density at radius 3 is 2.74 bits per heavy atom. The quantitative estimate of drug-likeness (QED) is 0.758. The average molecular weight is 285 g/mol. The van der Waals surface area contributed by atoms with Crippen molar-refractivity contribution in [3.8, 4) is 5.75 Å². The molecule has 0 spiro atoms. The number of hydrogen-bond acceptors (Lipinski definition) is 4. The van der Waals surface area contributed by atoms with Crippen LogP contribution in [0.4, 0.5) is 0 Å². The first-order chi connectivity index (χ1) is 9.08. The van der Waals surface area contributed by atoms with Crippen molar-refractivity contribution in [1.82, 2.24) is 0 Å². The molecule has 1 aromatic carbocycles. The van der Waals surface area contributed by atoms with E-state index in [0.29, 0.717) is 12.3 Å². The lowest BCUT2D eigenvalue weighted by Crippen LogP contribution is -2.28. The first-order valence-electron chi connectivity index (χ1n) is 6.54. The highest BCUT2D eigenvalue weighted by molar-refractivity contribution is 7.85. The first-order valence-corrected chi connectivity index (χ1v) is 7.92. The Hall–Kier alpha value is -0.910. The van der Waals surface area contributed by atoms with Crippen LogP contribution in [0.1, 0.15) is 25.8 Å². The maximum absolute atomic E-state index is 11.8. The average Bonchev–Trinajstić information content (AvgIpc) is 2.44. The lowest BCUT2D eigenvalue weighted by molar-refractivity contribution is 0.125. The largest absolute Gasteiger partial charge is 0.491 e. The molecule has 108 valence electrons. The summed E-state index contributed by atoms with van der Waals surface area (Å²) in [5.41, 5.74) is 6.51. The molecule has 0 saturated carbocycles. The maximum atomic E-state index is 11.8. The standard InChI is InChI=1S/C14H23NO3S/c1-3-11(2)19(17)10-13(16)9-18-14-7-5-4-6-12(14)8-15/h4-7,11,13,16H,3,8-10,15H2,1-2H3. The van der Waals surface area contributed by atoms with E-state index in [9.17, 15) is 9.32 Å². The van der Waals surface area contributed by atoms with Crippen LogP contribution in [0.15, 0.2) is 24.3 Å². The number of rotatable bonds is 8. The minimum absolute atomic E-state index is 0.103. The van der Waals surface area contributed by atoms with Gasteiger partial charge in [0.1, 0.15) is 12.4 Å². The Bertz CT molecular complexity index is 411. The maximum Gasteiger partial charge on any atom is 0.123 e. The number of hydrogen-bond donors (Lipinski definition) is 2. The third-order valence-corrected chi connectivity index (χ3v) is 4.95. The van der Waals surface area contributed by atoms with Crippen LogP contribution in [-0.4, -0.2) is 33.0 Å². The molecule has 3 unspecified atom stereocenters. The van der Waals surface area contributed by atoms with E-state index in [4.69, 9.17) is 10.5 Å². The number of nitrogens with two attached hydrogens (primary N) is 1. The lowest BCUT2D eigenvalue weighted by atomic mass is 10.2. The first kappa shape index (κ1) is 16.1. The van der Waals surface area contributed by atoms with Crippen molar-refractivity contribution >= 4 is 10.8 Å². The smallest absolute Gasteiger partial charge is 0.123 e. The molecule has 0 heterocycles. The monoisotopic (exact) mass is 285 g/mol. The molecular formula is C14H23NO3S. The van der Waals surface area contributed by atoms with Crippen molar-refractivity contribution in [2.45, 2.75) is 38.2 Å². The molecule has 0 amide bonds. The molecule has 0 aliphatic carbocycles. The zero-order valence-electron chi connectivity index (χ0n) is 11.5. The van der Waals surface area contributed by atoms with Gasteiger partial charge in [0.2, 0.25) is 0 Å². The SMILES string of the molecule is CCC(C)S(=O)CC(O)COc1ccccc1CN. The van der Waals surface area contributed by atoms with E-state index in [1.54, 1.807) is 0 Å². The van der Waals surface area contributed by atoms with E-state index in [2.05, 4.69) is 0 Å². The Morgan fingerprint density at radius 2 is 2.11 bits per heavy atom. The lowest BCUT2D eigenvalue weighted by Gasteiger charge is -2.16. The summed E-state index contributed by atoms with van der Waals surface area (Å²) in [6.45, 7) is 4.45. The highest BCUT2D eigenvalue weighted by Gasteiger charge is 2.15. The van der Waals surface area contributed by atoms with E-state index in [1.807, 2.05) is 38.1 Å². The zero-order chi connectivity index (χ0) is 14.3. The summed E-state index contributed by atoms with van der Waals surface area (Å²) in [7, 11) is -1.01.